The lowest BCUT2D eigenvalue weighted by Crippen LogP contribution is -2.30. The number of hydrogen-bond acceptors (Lipinski definition) is 4. The van der Waals surface area contributed by atoms with Gasteiger partial charge in [0.2, 0.25) is 0 Å². The summed E-state index contributed by atoms with van der Waals surface area (Å²) in [6.45, 7) is 2.88. The summed E-state index contributed by atoms with van der Waals surface area (Å²) in [5, 5.41) is 3.84. The molecular weight excluding hydrogens is 371 g/mol. The summed E-state index contributed by atoms with van der Waals surface area (Å²) in [4.78, 5) is 17.6. The van der Waals surface area contributed by atoms with Crippen molar-refractivity contribution >= 4 is 16.8 Å². The fourth-order valence-electron chi connectivity index (χ4n) is 3.90. The molecule has 2 aromatic carbocycles. The van der Waals surface area contributed by atoms with Crippen molar-refractivity contribution in [2.75, 3.05) is 13.2 Å². The van der Waals surface area contributed by atoms with Gasteiger partial charge in [0, 0.05) is 17.1 Å². The van der Waals surface area contributed by atoms with Crippen LogP contribution in [0.25, 0.3) is 10.9 Å². The van der Waals surface area contributed by atoms with Gasteiger partial charge in [-0.3, -0.25) is 9.78 Å². The normalized spacial score (nSPS) is 16.5. The van der Waals surface area contributed by atoms with Gasteiger partial charge in [-0.15, -0.1) is 0 Å². The number of aromatic nitrogens is 1. The Kier molecular flexibility index (Phi) is 4.34. The first-order chi connectivity index (χ1) is 14.1. The molecule has 1 aromatic heterocycles. The van der Waals surface area contributed by atoms with Crippen molar-refractivity contribution in [3.8, 4) is 11.5 Å². The number of ether oxygens (including phenoxy) is 2. The number of nitrogens with zero attached hydrogens (tertiary/aromatic N) is 1. The number of pyridine rings is 1. The molecule has 0 spiro atoms. The minimum Gasteiger partial charge on any atom is -0.486 e. The molecule has 1 aliphatic carbocycles. The Morgan fingerprint density at radius 2 is 1.90 bits per heavy atom. The third kappa shape index (κ3) is 3.50. The van der Waals surface area contributed by atoms with Crippen LogP contribution in [0.15, 0.2) is 42.5 Å². The molecule has 0 bridgehead atoms. The smallest absolute Gasteiger partial charge is 0.252 e. The topological polar surface area (TPSA) is 60.5 Å². The molecule has 0 radical (unpaired) electrons. The molecule has 5 nitrogen and oxygen atoms in total. The van der Waals surface area contributed by atoms with E-state index in [0.29, 0.717) is 47.0 Å². The maximum absolute atomic E-state index is 13.6. The van der Waals surface area contributed by atoms with Crippen LogP contribution < -0.4 is 14.8 Å². The van der Waals surface area contributed by atoms with Gasteiger partial charge in [0.1, 0.15) is 19.0 Å². The number of carbonyl (C=O) groups excluding carboxylic acids is 1. The average Bonchev–Trinajstić information content (AvgIpc) is 3.55. The lowest BCUT2D eigenvalue weighted by Gasteiger charge is -2.23. The molecule has 2 aliphatic rings. The van der Waals surface area contributed by atoms with Gasteiger partial charge in [0.25, 0.3) is 5.91 Å². The van der Waals surface area contributed by atoms with Crippen molar-refractivity contribution in [1.82, 2.24) is 10.3 Å². The third-order valence-electron chi connectivity index (χ3n) is 5.45. The Hall–Kier alpha value is -3.15. The number of aryl methyl sites for hydroxylation is 1. The monoisotopic (exact) mass is 392 g/mol. The van der Waals surface area contributed by atoms with Gasteiger partial charge in [-0.25, -0.2) is 4.39 Å². The Labute approximate surface area is 167 Å². The van der Waals surface area contributed by atoms with E-state index >= 15 is 0 Å². The molecule has 148 valence electrons. The van der Waals surface area contributed by atoms with E-state index in [1.165, 1.54) is 12.1 Å². The van der Waals surface area contributed by atoms with Crippen LogP contribution in [0.5, 0.6) is 11.5 Å². The maximum atomic E-state index is 13.6. The quantitative estimate of drug-likeness (QED) is 0.718. The number of carbonyl (C=O) groups is 1. The largest absolute Gasteiger partial charge is 0.486 e. The minimum atomic E-state index is -0.367. The maximum Gasteiger partial charge on any atom is 0.252 e. The lowest BCUT2D eigenvalue weighted by atomic mass is 10.00. The van der Waals surface area contributed by atoms with Gasteiger partial charge >= 0.3 is 0 Å². The predicted octanol–water partition coefficient (Wildman–Crippen LogP) is 4.33. The van der Waals surface area contributed by atoms with E-state index in [0.717, 1.165) is 24.2 Å². The molecule has 1 unspecified atom stereocenters. The summed E-state index contributed by atoms with van der Waals surface area (Å²) < 4.78 is 24.9. The van der Waals surface area contributed by atoms with Crippen molar-refractivity contribution < 1.29 is 18.7 Å². The molecule has 1 aliphatic heterocycles. The second kappa shape index (κ2) is 7.03. The number of fused-ring (bicyclic) bond motifs is 2. The van der Waals surface area contributed by atoms with Crippen LogP contribution in [0.2, 0.25) is 0 Å². The first kappa shape index (κ1) is 17.9. The second-order valence-corrected chi connectivity index (χ2v) is 7.66. The van der Waals surface area contributed by atoms with Crippen molar-refractivity contribution in [2.24, 2.45) is 5.92 Å². The van der Waals surface area contributed by atoms with Gasteiger partial charge in [0.15, 0.2) is 11.5 Å². The molecule has 1 saturated carbocycles. The van der Waals surface area contributed by atoms with E-state index in [1.54, 1.807) is 19.1 Å². The second-order valence-electron chi connectivity index (χ2n) is 7.66. The van der Waals surface area contributed by atoms with Gasteiger partial charge in [-0.05, 0) is 61.6 Å². The summed E-state index contributed by atoms with van der Waals surface area (Å²) in [5.74, 6) is 1.30. The molecule has 1 fully saturated rings. The highest BCUT2D eigenvalue weighted by molar-refractivity contribution is 6.06. The van der Waals surface area contributed by atoms with Crippen LogP contribution in [-0.4, -0.2) is 24.1 Å². The number of amides is 1. The Morgan fingerprint density at radius 1 is 1.10 bits per heavy atom. The van der Waals surface area contributed by atoms with Gasteiger partial charge in [0.05, 0.1) is 17.1 Å². The summed E-state index contributed by atoms with van der Waals surface area (Å²) in [6.07, 6.45) is 2.14. The SMILES string of the molecule is Cc1cc(C(=O)NC(c2ccc3c(c2)OCCO3)C2CC2)c2ccc(F)cc2n1. The molecule has 3 aromatic rings. The number of benzene rings is 2. The van der Waals surface area contributed by atoms with Crippen molar-refractivity contribution in [3.63, 3.8) is 0 Å². The van der Waals surface area contributed by atoms with E-state index in [1.807, 2.05) is 18.2 Å². The van der Waals surface area contributed by atoms with Gasteiger partial charge < -0.3 is 14.8 Å². The highest BCUT2D eigenvalue weighted by Crippen LogP contribution is 2.43. The highest BCUT2D eigenvalue weighted by Gasteiger charge is 2.34. The highest BCUT2D eigenvalue weighted by atomic mass is 19.1. The van der Waals surface area contributed by atoms with Crippen LogP contribution in [0.3, 0.4) is 0 Å². The molecule has 2 heterocycles. The molecule has 29 heavy (non-hydrogen) atoms. The van der Waals surface area contributed by atoms with Crippen LogP contribution in [0.1, 0.15) is 40.5 Å². The van der Waals surface area contributed by atoms with Crippen molar-refractivity contribution in [2.45, 2.75) is 25.8 Å². The molecule has 1 N–H and O–H groups in total. The molecular formula is C23H21FN2O3. The number of rotatable bonds is 4. The van der Waals surface area contributed by atoms with Gasteiger partial charge in [-0.1, -0.05) is 6.07 Å². The molecule has 6 heteroatoms. The van der Waals surface area contributed by atoms with Crippen molar-refractivity contribution in [1.29, 1.82) is 0 Å². The van der Waals surface area contributed by atoms with Crippen molar-refractivity contribution in [3.05, 3.63) is 65.1 Å². The van der Waals surface area contributed by atoms with Crippen LogP contribution in [0, 0.1) is 18.7 Å². The predicted molar refractivity (Wildman–Crippen MR) is 107 cm³/mol. The number of nitrogens with one attached hydrogen (secondary N) is 1. The molecule has 1 amide bonds. The summed E-state index contributed by atoms with van der Waals surface area (Å²) in [7, 11) is 0. The zero-order chi connectivity index (χ0) is 20.0. The minimum absolute atomic E-state index is 0.109. The zero-order valence-electron chi connectivity index (χ0n) is 16.1. The summed E-state index contributed by atoms with van der Waals surface area (Å²) >= 11 is 0. The fourth-order valence-corrected chi connectivity index (χ4v) is 3.90. The standard InChI is InChI=1S/C23H21FN2O3/c1-13-10-18(17-6-5-16(24)12-19(17)25-13)23(27)26-22(14-2-3-14)15-4-7-20-21(11-15)29-9-8-28-20/h4-7,10-12,14,22H,2-3,8-9H2,1H3,(H,26,27). The lowest BCUT2D eigenvalue weighted by molar-refractivity contribution is 0.0933. The van der Waals surface area contributed by atoms with E-state index < -0.39 is 0 Å². The third-order valence-corrected chi connectivity index (χ3v) is 5.45. The number of hydrogen-bond donors (Lipinski definition) is 1. The summed E-state index contributed by atoms with van der Waals surface area (Å²) in [6, 6.07) is 11.8. The van der Waals surface area contributed by atoms with Gasteiger partial charge in [-0.2, -0.15) is 0 Å². The molecule has 5 rings (SSSR count). The first-order valence-electron chi connectivity index (χ1n) is 9.86. The van der Waals surface area contributed by atoms with E-state index in [9.17, 15) is 9.18 Å². The van der Waals surface area contributed by atoms with E-state index in [-0.39, 0.29) is 17.8 Å². The summed E-state index contributed by atoms with van der Waals surface area (Å²) in [5.41, 5.74) is 2.68. The Morgan fingerprint density at radius 3 is 2.69 bits per heavy atom. The van der Waals surface area contributed by atoms with Crippen LogP contribution >= 0.6 is 0 Å². The first-order valence-corrected chi connectivity index (χ1v) is 9.86. The number of halogens is 1. The van der Waals surface area contributed by atoms with E-state index in [4.69, 9.17) is 9.47 Å². The molecule has 0 saturated heterocycles. The molecule has 1 atom stereocenters. The van der Waals surface area contributed by atoms with Crippen LogP contribution in [-0.2, 0) is 0 Å². The zero-order valence-corrected chi connectivity index (χ0v) is 16.1. The Balaban J connectivity index is 1.48. The Bertz CT molecular complexity index is 1110. The average molecular weight is 392 g/mol. The van der Waals surface area contributed by atoms with Crippen LogP contribution in [0.4, 0.5) is 4.39 Å². The fraction of sp³-hybridized carbons (Fsp3) is 0.304. The van der Waals surface area contributed by atoms with E-state index in [2.05, 4.69) is 10.3 Å².